The van der Waals surface area contributed by atoms with E-state index >= 15 is 0 Å². The van der Waals surface area contributed by atoms with Gasteiger partial charge in [-0.25, -0.2) is 4.79 Å². The van der Waals surface area contributed by atoms with E-state index in [-0.39, 0.29) is 35.9 Å². The number of aryl methyl sites for hydroxylation is 1. The molecule has 2 aromatic heterocycles. The number of carboxylic acid groups (broad SMARTS) is 1. The molecule has 0 saturated carbocycles. The Morgan fingerprint density at radius 3 is 2.56 bits per heavy atom. The number of carbonyl (C=O) groups is 2. The maximum atomic E-state index is 13.2. The summed E-state index contributed by atoms with van der Waals surface area (Å²) >= 11 is 0. The van der Waals surface area contributed by atoms with Crippen LogP contribution in [0.4, 0.5) is 4.79 Å². The average molecular weight is 655 g/mol. The number of phenols is 1. The smallest absolute Gasteiger partial charge is 0.405 e. The molecule has 2 heterocycles. The van der Waals surface area contributed by atoms with Crippen LogP contribution in [0.5, 0.6) is 11.5 Å². The zero-order valence-corrected chi connectivity index (χ0v) is 26.6. The maximum Gasteiger partial charge on any atom is 0.405 e. The number of amides is 2. The van der Waals surface area contributed by atoms with Gasteiger partial charge < -0.3 is 40.6 Å². The molecule has 0 aliphatic heterocycles. The van der Waals surface area contributed by atoms with E-state index in [1.54, 1.807) is 55.4 Å². The number of pyridine rings is 1. The van der Waals surface area contributed by atoms with Gasteiger partial charge in [0.05, 0.1) is 17.7 Å². The first-order valence-electron chi connectivity index (χ1n) is 15.4. The fourth-order valence-corrected chi connectivity index (χ4v) is 5.50. The molecule has 3 aromatic carbocycles. The van der Waals surface area contributed by atoms with E-state index in [0.29, 0.717) is 47.6 Å². The van der Waals surface area contributed by atoms with Crippen molar-refractivity contribution < 1.29 is 29.6 Å². The standard InChI is InChI=1S/C35H38N6O7/c1-40(17-7-16-36-20-30(43)26-12-14-29(42)33-27(26)13-15-31(44)37-33)34(45)28-19-24(39-41(28)2)21-48-25-11-6-10-23(18-25)32(38-35(46)47)22-8-4-3-5-9-22/h3-6,8-15,18-19,30,32,36,38,42-43H,7,16-17,20-21H2,1-2H3,(H,37,44)(H,46,47). The summed E-state index contributed by atoms with van der Waals surface area (Å²) in [6, 6.07) is 23.5. The summed E-state index contributed by atoms with van der Waals surface area (Å²) in [5.74, 6) is 0.262. The molecule has 0 aliphatic rings. The SMILES string of the molecule is CN(CCCNCC(O)c1ccc(O)c2[nH]c(=O)ccc12)C(=O)c1cc(COc2cccc(C(NC(=O)O)c3ccccc3)c2)nn1C. The second-order valence-electron chi connectivity index (χ2n) is 11.4. The van der Waals surface area contributed by atoms with Crippen LogP contribution in [0, 0.1) is 0 Å². The fourth-order valence-electron chi connectivity index (χ4n) is 5.50. The van der Waals surface area contributed by atoms with Crippen molar-refractivity contribution in [1.82, 2.24) is 30.3 Å². The number of aliphatic hydroxyl groups excluding tert-OH is 1. The third kappa shape index (κ3) is 8.18. The third-order valence-electron chi connectivity index (χ3n) is 7.93. The number of H-pyrrole nitrogens is 1. The number of hydrogen-bond acceptors (Lipinski definition) is 8. The predicted molar refractivity (Wildman–Crippen MR) is 179 cm³/mol. The van der Waals surface area contributed by atoms with Gasteiger partial charge in [-0.1, -0.05) is 48.5 Å². The summed E-state index contributed by atoms with van der Waals surface area (Å²) in [7, 11) is 3.41. The van der Waals surface area contributed by atoms with Gasteiger partial charge in [-0.15, -0.1) is 0 Å². The van der Waals surface area contributed by atoms with Crippen LogP contribution in [-0.2, 0) is 13.7 Å². The summed E-state index contributed by atoms with van der Waals surface area (Å²) in [6.07, 6.45) is -1.38. The number of aromatic nitrogens is 3. The van der Waals surface area contributed by atoms with Crippen molar-refractivity contribution in [2.45, 2.75) is 25.2 Å². The molecule has 0 bridgehead atoms. The lowest BCUT2D eigenvalue weighted by atomic mass is 9.99. The van der Waals surface area contributed by atoms with Gasteiger partial charge in [0.2, 0.25) is 5.56 Å². The lowest BCUT2D eigenvalue weighted by molar-refractivity contribution is 0.0782. The summed E-state index contributed by atoms with van der Waals surface area (Å²) in [6.45, 7) is 1.35. The second kappa shape index (κ2) is 15.3. The van der Waals surface area contributed by atoms with Gasteiger partial charge in [-0.2, -0.15) is 5.10 Å². The molecule has 0 spiro atoms. The number of ether oxygens (including phenoxy) is 1. The zero-order chi connectivity index (χ0) is 34.2. The third-order valence-corrected chi connectivity index (χ3v) is 7.93. The van der Waals surface area contributed by atoms with Crippen LogP contribution in [0.3, 0.4) is 0 Å². The van der Waals surface area contributed by atoms with E-state index in [9.17, 15) is 29.7 Å². The Kier molecular flexibility index (Phi) is 10.7. The number of nitrogens with one attached hydrogen (secondary N) is 3. The van der Waals surface area contributed by atoms with E-state index < -0.39 is 18.2 Å². The number of aliphatic hydroxyl groups is 1. The molecule has 250 valence electrons. The van der Waals surface area contributed by atoms with Crippen molar-refractivity contribution in [2.75, 3.05) is 26.7 Å². The molecule has 2 unspecified atom stereocenters. The largest absolute Gasteiger partial charge is 0.506 e. The number of aromatic hydroxyl groups is 1. The lowest BCUT2D eigenvalue weighted by Gasteiger charge is -2.18. The van der Waals surface area contributed by atoms with Gasteiger partial charge in [0.25, 0.3) is 5.91 Å². The molecule has 13 heteroatoms. The highest BCUT2D eigenvalue weighted by molar-refractivity contribution is 5.92. The molecule has 5 aromatic rings. The summed E-state index contributed by atoms with van der Waals surface area (Å²) in [5.41, 5.74) is 2.99. The maximum absolute atomic E-state index is 13.2. The summed E-state index contributed by atoms with van der Waals surface area (Å²) < 4.78 is 7.49. The van der Waals surface area contributed by atoms with Crippen molar-refractivity contribution in [3.63, 3.8) is 0 Å². The van der Waals surface area contributed by atoms with Crippen LogP contribution in [0.25, 0.3) is 10.9 Å². The van der Waals surface area contributed by atoms with Gasteiger partial charge in [0.1, 0.15) is 29.5 Å². The van der Waals surface area contributed by atoms with Crippen molar-refractivity contribution in [2.24, 2.45) is 7.05 Å². The fraction of sp³-hybridized carbons (Fsp3) is 0.257. The van der Waals surface area contributed by atoms with Crippen LogP contribution in [-0.4, -0.2) is 73.7 Å². The van der Waals surface area contributed by atoms with Crippen molar-refractivity contribution in [3.05, 3.63) is 123 Å². The van der Waals surface area contributed by atoms with E-state index in [4.69, 9.17) is 4.74 Å². The lowest BCUT2D eigenvalue weighted by Crippen LogP contribution is -2.32. The molecule has 0 saturated heterocycles. The number of aromatic amines is 1. The first-order valence-corrected chi connectivity index (χ1v) is 15.4. The molecule has 0 radical (unpaired) electrons. The minimum atomic E-state index is -1.14. The van der Waals surface area contributed by atoms with E-state index in [1.165, 1.54) is 16.8 Å². The Bertz CT molecular complexity index is 1940. The molecule has 0 fully saturated rings. The van der Waals surface area contributed by atoms with Gasteiger partial charge in [-0.05, 0) is 60.0 Å². The van der Waals surface area contributed by atoms with E-state index in [0.717, 1.165) is 11.1 Å². The highest BCUT2D eigenvalue weighted by atomic mass is 16.5. The van der Waals surface area contributed by atoms with Crippen LogP contribution in [0.2, 0.25) is 0 Å². The number of nitrogens with zero attached hydrogens (tertiary/aromatic N) is 3. The molecular weight excluding hydrogens is 616 g/mol. The Labute approximate surface area is 276 Å². The monoisotopic (exact) mass is 654 g/mol. The topological polar surface area (TPSA) is 182 Å². The zero-order valence-electron chi connectivity index (χ0n) is 26.6. The van der Waals surface area contributed by atoms with Crippen LogP contribution < -0.4 is 20.9 Å². The van der Waals surface area contributed by atoms with E-state index in [1.807, 2.05) is 36.4 Å². The molecule has 0 aliphatic carbocycles. The summed E-state index contributed by atoms with van der Waals surface area (Å²) in [5, 5.41) is 41.0. The molecule has 13 nitrogen and oxygen atoms in total. The highest BCUT2D eigenvalue weighted by Crippen LogP contribution is 2.29. The number of benzene rings is 3. The van der Waals surface area contributed by atoms with Crippen LogP contribution >= 0.6 is 0 Å². The first kappa shape index (κ1) is 33.7. The summed E-state index contributed by atoms with van der Waals surface area (Å²) in [4.78, 5) is 40.5. The van der Waals surface area contributed by atoms with Crippen molar-refractivity contribution in [3.8, 4) is 11.5 Å². The number of rotatable bonds is 14. The van der Waals surface area contributed by atoms with Crippen molar-refractivity contribution >= 4 is 22.9 Å². The van der Waals surface area contributed by atoms with E-state index in [2.05, 4.69) is 20.7 Å². The molecule has 2 amide bonds. The van der Waals surface area contributed by atoms with Crippen molar-refractivity contribution in [1.29, 1.82) is 0 Å². The Balaban J connectivity index is 1.11. The van der Waals surface area contributed by atoms with Gasteiger partial charge in [-0.3, -0.25) is 14.3 Å². The Morgan fingerprint density at radius 1 is 1.02 bits per heavy atom. The molecular formula is C35H38N6O7. The Morgan fingerprint density at radius 2 is 1.79 bits per heavy atom. The molecule has 2 atom stereocenters. The minimum absolute atomic E-state index is 0.0675. The first-order chi connectivity index (χ1) is 23.1. The quantitative estimate of drug-likeness (QED) is 0.0973. The van der Waals surface area contributed by atoms with Gasteiger partial charge in [0, 0.05) is 38.6 Å². The normalized spacial score (nSPS) is 12.4. The number of hydrogen-bond donors (Lipinski definition) is 6. The number of fused-ring (bicyclic) bond motifs is 1. The number of phenolic OH excluding ortho intramolecular Hbond substituents is 1. The molecule has 48 heavy (non-hydrogen) atoms. The van der Waals surface area contributed by atoms with Crippen LogP contribution in [0.1, 0.15) is 51.4 Å². The highest BCUT2D eigenvalue weighted by Gasteiger charge is 2.20. The average Bonchev–Trinajstić information content (AvgIpc) is 3.46. The van der Waals surface area contributed by atoms with Gasteiger partial charge in [0.15, 0.2) is 0 Å². The number of carbonyl (C=O) groups excluding carboxylic acids is 1. The minimum Gasteiger partial charge on any atom is -0.506 e. The van der Waals surface area contributed by atoms with Gasteiger partial charge >= 0.3 is 6.09 Å². The molecule has 5 rings (SSSR count). The second-order valence-corrected chi connectivity index (χ2v) is 11.4. The predicted octanol–water partition coefficient (Wildman–Crippen LogP) is 3.69. The van der Waals surface area contributed by atoms with Crippen LogP contribution in [0.15, 0.2) is 89.7 Å². The molecule has 6 N–H and O–H groups in total. The Hall–Kier alpha value is -5.66.